The maximum absolute atomic E-state index is 11.6. The van der Waals surface area contributed by atoms with Crippen LogP contribution < -0.4 is 10.6 Å². The van der Waals surface area contributed by atoms with Crippen LogP contribution in [0.4, 0.5) is 0 Å². The Morgan fingerprint density at radius 1 is 1.62 bits per heavy atom. The summed E-state index contributed by atoms with van der Waals surface area (Å²) in [6, 6.07) is 0.330. The molecule has 0 aromatic heterocycles. The molecule has 1 aliphatic heterocycles. The van der Waals surface area contributed by atoms with E-state index in [1.807, 2.05) is 6.92 Å². The third-order valence-electron chi connectivity index (χ3n) is 3.05. The van der Waals surface area contributed by atoms with Gasteiger partial charge in [-0.1, -0.05) is 13.3 Å². The molecular weight excluding hydrogens is 204 g/mol. The predicted molar refractivity (Wildman–Crippen MR) is 64.2 cm³/mol. The van der Waals surface area contributed by atoms with Crippen molar-refractivity contribution in [2.24, 2.45) is 0 Å². The Kier molecular flexibility index (Phi) is 5.22. The molecule has 16 heavy (non-hydrogen) atoms. The molecule has 1 fully saturated rings. The number of nitrogens with one attached hydrogen (secondary N) is 2. The summed E-state index contributed by atoms with van der Waals surface area (Å²) in [6.07, 6.45) is 4.41. The van der Waals surface area contributed by atoms with Crippen LogP contribution in [0, 0.1) is 0 Å². The molecule has 2 unspecified atom stereocenters. The normalized spacial score (nSPS) is 24.1. The molecule has 4 nitrogen and oxygen atoms in total. The minimum atomic E-state index is -0.770. The van der Waals surface area contributed by atoms with Crippen molar-refractivity contribution >= 4 is 5.91 Å². The number of aliphatic hydroxyl groups is 1. The zero-order valence-corrected chi connectivity index (χ0v) is 10.4. The second-order valence-corrected chi connectivity index (χ2v) is 5.02. The molecule has 0 aromatic carbocycles. The molecule has 0 saturated carbocycles. The Balaban J connectivity index is 2.18. The van der Waals surface area contributed by atoms with Gasteiger partial charge in [-0.3, -0.25) is 4.79 Å². The third-order valence-corrected chi connectivity index (χ3v) is 3.05. The van der Waals surface area contributed by atoms with Crippen molar-refractivity contribution in [3.05, 3.63) is 0 Å². The molecule has 0 radical (unpaired) electrons. The Morgan fingerprint density at radius 2 is 2.38 bits per heavy atom. The molecular formula is C12H24N2O2. The summed E-state index contributed by atoms with van der Waals surface area (Å²) in [7, 11) is 0. The Morgan fingerprint density at radius 3 is 2.94 bits per heavy atom. The van der Waals surface area contributed by atoms with Gasteiger partial charge in [0.1, 0.15) is 0 Å². The van der Waals surface area contributed by atoms with E-state index in [-0.39, 0.29) is 5.91 Å². The van der Waals surface area contributed by atoms with Crippen molar-refractivity contribution < 1.29 is 9.90 Å². The van der Waals surface area contributed by atoms with E-state index in [0.717, 1.165) is 32.2 Å². The van der Waals surface area contributed by atoms with E-state index in [0.29, 0.717) is 19.0 Å². The first-order valence-corrected chi connectivity index (χ1v) is 6.26. The first kappa shape index (κ1) is 13.5. The quantitative estimate of drug-likeness (QED) is 0.630. The Hall–Kier alpha value is -0.610. The smallest absolute Gasteiger partial charge is 0.221 e. The van der Waals surface area contributed by atoms with Gasteiger partial charge in [0.25, 0.3) is 0 Å². The van der Waals surface area contributed by atoms with Crippen LogP contribution >= 0.6 is 0 Å². The van der Waals surface area contributed by atoms with Crippen LogP contribution in [-0.4, -0.2) is 35.7 Å². The van der Waals surface area contributed by atoms with E-state index in [4.69, 9.17) is 0 Å². The van der Waals surface area contributed by atoms with Crippen molar-refractivity contribution in [3.63, 3.8) is 0 Å². The third kappa shape index (κ3) is 4.94. The van der Waals surface area contributed by atoms with Gasteiger partial charge in [0, 0.05) is 19.0 Å². The largest absolute Gasteiger partial charge is 0.388 e. The van der Waals surface area contributed by atoms with Gasteiger partial charge in [-0.25, -0.2) is 0 Å². The SMILES string of the molecule is CCCC(C)(O)CNC(=O)CC1CCCN1. The highest BCUT2D eigenvalue weighted by atomic mass is 16.3. The lowest BCUT2D eigenvalue weighted by atomic mass is 10.0. The molecule has 0 spiro atoms. The fourth-order valence-electron chi connectivity index (χ4n) is 2.14. The van der Waals surface area contributed by atoms with E-state index in [2.05, 4.69) is 10.6 Å². The molecule has 0 aliphatic carbocycles. The number of amides is 1. The molecule has 1 heterocycles. The van der Waals surface area contributed by atoms with E-state index >= 15 is 0 Å². The van der Waals surface area contributed by atoms with Crippen LogP contribution in [0.5, 0.6) is 0 Å². The molecule has 2 atom stereocenters. The zero-order chi connectivity index (χ0) is 12.0. The molecule has 1 rings (SSSR count). The summed E-state index contributed by atoms with van der Waals surface area (Å²) in [4.78, 5) is 11.6. The van der Waals surface area contributed by atoms with Crippen LogP contribution in [0.15, 0.2) is 0 Å². The molecule has 0 bridgehead atoms. The summed E-state index contributed by atoms with van der Waals surface area (Å²) in [5.74, 6) is 0.0378. The van der Waals surface area contributed by atoms with Crippen LogP contribution in [0.25, 0.3) is 0 Å². The zero-order valence-electron chi connectivity index (χ0n) is 10.4. The molecule has 94 valence electrons. The van der Waals surface area contributed by atoms with Gasteiger partial charge in [0.2, 0.25) is 5.91 Å². The molecule has 1 aliphatic rings. The highest BCUT2D eigenvalue weighted by Crippen LogP contribution is 2.11. The summed E-state index contributed by atoms with van der Waals surface area (Å²) >= 11 is 0. The molecule has 0 aromatic rings. The Bertz CT molecular complexity index is 223. The molecule has 1 saturated heterocycles. The standard InChI is InChI=1S/C12H24N2O2/c1-3-6-12(2,16)9-14-11(15)8-10-5-4-7-13-10/h10,13,16H,3-9H2,1-2H3,(H,14,15). The summed E-state index contributed by atoms with van der Waals surface area (Å²) in [5, 5.41) is 16.0. The maximum atomic E-state index is 11.6. The van der Waals surface area contributed by atoms with Gasteiger partial charge in [-0.05, 0) is 32.7 Å². The highest BCUT2D eigenvalue weighted by Gasteiger charge is 2.22. The molecule has 4 heteroatoms. The fraction of sp³-hybridized carbons (Fsp3) is 0.917. The number of hydrogen-bond acceptors (Lipinski definition) is 3. The number of carbonyl (C=O) groups excluding carboxylic acids is 1. The van der Waals surface area contributed by atoms with Crippen LogP contribution in [0.2, 0.25) is 0 Å². The minimum Gasteiger partial charge on any atom is -0.388 e. The summed E-state index contributed by atoms with van der Waals surface area (Å²) in [6.45, 7) is 5.17. The van der Waals surface area contributed by atoms with E-state index in [1.165, 1.54) is 0 Å². The van der Waals surface area contributed by atoms with Crippen molar-refractivity contribution in [2.45, 2.75) is 57.6 Å². The van der Waals surface area contributed by atoms with E-state index in [1.54, 1.807) is 6.92 Å². The monoisotopic (exact) mass is 228 g/mol. The Labute approximate surface area is 97.8 Å². The van der Waals surface area contributed by atoms with Crippen molar-refractivity contribution in [1.29, 1.82) is 0 Å². The lowest BCUT2D eigenvalue weighted by Crippen LogP contribution is -2.42. The van der Waals surface area contributed by atoms with Gasteiger partial charge < -0.3 is 15.7 Å². The van der Waals surface area contributed by atoms with Crippen LogP contribution in [0.3, 0.4) is 0 Å². The van der Waals surface area contributed by atoms with Crippen molar-refractivity contribution in [1.82, 2.24) is 10.6 Å². The van der Waals surface area contributed by atoms with Gasteiger partial charge >= 0.3 is 0 Å². The van der Waals surface area contributed by atoms with Crippen LogP contribution in [0.1, 0.15) is 46.0 Å². The predicted octanol–water partition coefficient (Wildman–Crippen LogP) is 0.796. The van der Waals surface area contributed by atoms with Gasteiger partial charge in [0.15, 0.2) is 0 Å². The number of carbonyl (C=O) groups is 1. The van der Waals surface area contributed by atoms with Crippen LogP contribution in [-0.2, 0) is 4.79 Å². The van der Waals surface area contributed by atoms with Gasteiger partial charge in [-0.2, -0.15) is 0 Å². The van der Waals surface area contributed by atoms with Gasteiger partial charge in [-0.15, -0.1) is 0 Å². The lowest BCUT2D eigenvalue weighted by Gasteiger charge is -2.23. The average Bonchev–Trinajstić information content (AvgIpc) is 2.68. The first-order chi connectivity index (χ1) is 7.53. The van der Waals surface area contributed by atoms with Gasteiger partial charge in [0.05, 0.1) is 5.60 Å². The number of hydrogen-bond donors (Lipinski definition) is 3. The summed E-state index contributed by atoms with van der Waals surface area (Å²) in [5.41, 5.74) is -0.770. The second-order valence-electron chi connectivity index (χ2n) is 5.02. The van der Waals surface area contributed by atoms with E-state index in [9.17, 15) is 9.90 Å². The highest BCUT2D eigenvalue weighted by molar-refractivity contribution is 5.76. The van der Waals surface area contributed by atoms with E-state index < -0.39 is 5.60 Å². The summed E-state index contributed by atoms with van der Waals surface area (Å²) < 4.78 is 0. The molecule has 1 amide bonds. The average molecular weight is 228 g/mol. The maximum Gasteiger partial charge on any atom is 0.221 e. The molecule has 3 N–H and O–H groups in total. The minimum absolute atomic E-state index is 0.0378. The number of rotatable bonds is 6. The lowest BCUT2D eigenvalue weighted by molar-refractivity contribution is -0.122. The topological polar surface area (TPSA) is 61.4 Å². The second kappa shape index (κ2) is 6.21. The van der Waals surface area contributed by atoms with Crippen molar-refractivity contribution in [2.75, 3.05) is 13.1 Å². The fourth-order valence-corrected chi connectivity index (χ4v) is 2.14. The van der Waals surface area contributed by atoms with Crippen molar-refractivity contribution in [3.8, 4) is 0 Å². The first-order valence-electron chi connectivity index (χ1n) is 6.26.